The van der Waals surface area contributed by atoms with Gasteiger partial charge in [-0.25, -0.2) is 0 Å². The second-order valence-electron chi connectivity index (χ2n) is 3.32. The van der Waals surface area contributed by atoms with Crippen LogP contribution in [-0.2, 0) is 0 Å². The molecule has 0 saturated heterocycles. The largest absolute Gasteiger partial charge is 0.393 e. The van der Waals surface area contributed by atoms with Gasteiger partial charge < -0.3 is 10.2 Å². The highest BCUT2D eigenvalue weighted by atomic mass is 16.3. The Balaban J connectivity index is 2.30. The Hall–Kier alpha value is -0.380. The first-order valence-electron chi connectivity index (χ1n) is 3.85. The Morgan fingerprint density at radius 2 is 2.00 bits per heavy atom. The van der Waals surface area contributed by atoms with E-state index in [2.05, 4.69) is 17.1 Å². The fraction of sp³-hybridized carbons (Fsp3) is 0.750. The van der Waals surface area contributed by atoms with Gasteiger partial charge in [-0.3, -0.25) is 4.90 Å². The second-order valence-corrected chi connectivity index (χ2v) is 3.32. The molecule has 0 aromatic carbocycles. The summed E-state index contributed by atoms with van der Waals surface area (Å²) in [4.78, 5) is 2.08. The summed E-state index contributed by atoms with van der Waals surface area (Å²) in [6.07, 6.45) is 4.13. The van der Waals surface area contributed by atoms with Crippen LogP contribution in [0.2, 0.25) is 0 Å². The van der Waals surface area contributed by atoms with Crippen molar-refractivity contribution in [2.75, 3.05) is 26.2 Å². The SMILES string of the molecule is CC(O)(CO)CN1CC=CC1. The second kappa shape index (κ2) is 3.34. The van der Waals surface area contributed by atoms with Gasteiger partial charge in [0.15, 0.2) is 0 Å². The average Bonchev–Trinajstić information content (AvgIpc) is 2.39. The van der Waals surface area contributed by atoms with Crippen molar-refractivity contribution in [1.29, 1.82) is 0 Å². The summed E-state index contributed by atoms with van der Waals surface area (Å²) >= 11 is 0. The van der Waals surface area contributed by atoms with Crippen LogP contribution < -0.4 is 0 Å². The molecule has 0 fully saturated rings. The van der Waals surface area contributed by atoms with Crippen molar-refractivity contribution >= 4 is 0 Å². The number of hydrogen-bond donors (Lipinski definition) is 2. The first kappa shape index (κ1) is 8.71. The maximum atomic E-state index is 9.46. The van der Waals surface area contributed by atoms with E-state index in [1.165, 1.54) is 0 Å². The molecule has 1 rings (SSSR count). The lowest BCUT2D eigenvalue weighted by Crippen LogP contribution is -2.42. The van der Waals surface area contributed by atoms with Crippen LogP contribution in [0.25, 0.3) is 0 Å². The summed E-state index contributed by atoms with van der Waals surface area (Å²) in [5, 5.41) is 18.2. The third-order valence-electron chi connectivity index (χ3n) is 1.80. The molecule has 1 heterocycles. The van der Waals surface area contributed by atoms with Crippen LogP contribution in [0.4, 0.5) is 0 Å². The van der Waals surface area contributed by atoms with Gasteiger partial charge in [0.25, 0.3) is 0 Å². The number of nitrogens with zero attached hydrogens (tertiary/aromatic N) is 1. The summed E-state index contributed by atoms with van der Waals surface area (Å²) < 4.78 is 0. The normalized spacial score (nSPS) is 23.9. The predicted octanol–water partition coefficient (Wildman–Crippen LogP) is -0.399. The highest BCUT2D eigenvalue weighted by molar-refractivity contribution is 4.97. The standard InChI is InChI=1S/C8H15NO2/c1-8(11,7-10)6-9-4-2-3-5-9/h2-3,10-11H,4-7H2,1H3. The lowest BCUT2D eigenvalue weighted by Gasteiger charge is -2.26. The first-order chi connectivity index (χ1) is 5.14. The van der Waals surface area contributed by atoms with Crippen LogP contribution in [0.3, 0.4) is 0 Å². The van der Waals surface area contributed by atoms with Gasteiger partial charge in [0.2, 0.25) is 0 Å². The van der Waals surface area contributed by atoms with Crippen LogP contribution in [0.15, 0.2) is 12.2 Å². The summed E-state index contributed by atoms with van der Waals surface area (Å²) in [7, 11) is 0. The molecule has 0 bridgehead atoms. The summed E-state index contributed by atoms with van der Waals surface area (Å²) in [5.74, 6) is 0. The molecule has 64 valence electrons. The number of aliphatic hydroxyl groups is 2. The smallest absolute Gasteiger partial charge is 0.0975 e. The van der Waals surface area contributed by atoms with Crippen molar-refractivity contribution in [3.05, 3.63) is 12.2 Å². The van der Waals surface area contributed by atoms with Crippen LogP contribution in [0.1, 0.15) is 6.92 Å². The van der Waals surface area contributed by atoms with Crippen LogP contribution in [0, 0.1) is 0 Å². The van der Waals surface area contributed by atoms with Gasteiger partial charge in [0.05, 0.1) is 12.2 Å². The molecule has 0 saturated carbocycles. The number of rotatable bonds is 3. The minimum absolute atomic E-state index is 0.177. The van der Waals surface area contributed by atoms with E-state index in [9.17, 15) is 5.11 Å². The topological polar surface area (TPSA) is 43.7 Å². The molecule has 0 amide bonds. The van der Waals surface area contributed by atoms with Crippen molar-refractivity contribution in [3.8, 4) is 0 Å². The predicted molar refractivity (Wildman–Crippen MR) is 43.3 cm³/mol. The van der Waals surface area contributed by atoms with Crippen molar-refractivity contribution in [2.24, 2.45) is 0 Å². The minimum Gasteiger partial charge on any atom is -0.393 e. The highest BCUT2D eigenvalue weighted by Crippen LogP contribution is 2.07. The van der Waals surface area contributed by atoms with E-state index in [0.29, 0.717) is 6.54 Å². The zero-order valence-electron chi connectivity index (χ0n) is 6.82. The molecule has 3 nitrogen and oxygen atoms in total. The van der Waals surface area contributed by atoms with E-state index in [4.69, 9.17) is 5.11 Å². The fourth-order valence-corrected chi connectivity index (χ4v) is 1.18. The van der Waals surface area contributed by atoms with Crippen LogP contribution in [0.5, 0.6) is 0 Å². The Morgan fingerprint density at radius 1 is 1.45 bits per heavy atom. The van der Waals surface area contributed by atoms with Gasteiger partial charge in [0.1, 0.15) is 0 Å². The third kappa shape index (κ3) is 2.61. The molecule has 1 atom stereocenters. The quantitative estimate of drug-likeness (QED) is 0.548. The molecule has 2 N–H and O–H groups in total. The molecule has 11 heavy (non-hydrogen) atoms. The first-order valence-corrected chi connectivity index (χ1v) is 3.85. The van der Waals surface area contributed by atoms with Gasteiger partial charge >= 0.3 is 0 Å². The van der Waals surface area contributed by atoms with Crippen molar-refractivity contribution in [3.63, 3.8) is 0 Å². The molecular formula is C8H15NO2. The summed E-state index contributed by atoms with van der Waals surface area (Å²) in [5.41, 5.74) is -0.952. The van der Waals surface area contributed by atoms with Crippen molar-refractivity contribution in [2.45, 2.75) is 12.5 Å². The minimum atomic E-state index is -0.952. The van der Waals surface area contributed by atoms with Gasteiger partial charge in [-0.15, -0.1) is 0 Å². The van der Waals surface area contributed by atoms with E-state index in [1.54, 1.807) is 6.92 Å². The highest BCUT2D eigenvalue weighted by Gasteiger charge is 2.22. The van der Waals surface area contributed by atoms with E-state index >= 15 is 0 Å². The van der Waals surface area contributed by atoms with E-state index in [1.807, 2.05) is 0 Å². The Bertz CT molecular complexity index is 146. The molecule has 1 aliphatic rings. The zero-order chi connectivity index (χ0) is 8.32. The Morgan fingerprint density at radius 3 is 2.45 bits per heavy atom. The van der Waals surface area contributed by atoms with Crippen LogP contribution in [-0.4, -0.2) is 47.0 Å². The summed E-state index contributed by atoms with van der Waals surface area (Å²) in [6.45, 7) is 3.78. The number of aliphatic hydroxyl groups excluding tert-OH is 1. The maximum absolute atomic E-state index is 9.46. The van der Waals surface area contributed by atoms with Gasteiger partial charge in [-0.1, -0.05) is 12.2 Å². The molecule has 0 aliphatic carbocycles. The summed E-state index contributed by atoms with van der Waals surface area (Å²) in [6, 6.07) is 0. The monoisotopic (exact) mass is 157 g/mol. The Kier molecular flexibility index (Phi) is 2.65. The lowest BCUT2D eigenvalue weighted by molar-refractivity contribution is -0.0200. The van der Waals surface area contributed by atoms with E-state index in [-0.39, 0.29) is 6.61 Å². The Labute approximate surface area is 66.9 Å². The molecule has 3 heteroatoms. The van der Waals surface area contributed by atoms with E-state index in [0.717, 1.165) is 13.1 Å². The number of β-amino-alcohol motifs (C(OH)–C–C–N with tert-alkyl or cyclic N) is 1. The van der Waals surface area contributed by atoms with Gasteiger partial charge in [0, 0.05) is 19.6 Å². The van der Waals surface area contributed by atoms with Crippen LogP contribution >= 0.6 is 0 Å². The fourth-order valence-electron chi connectivity index (χ4n) is 1.18. The zero-order valence-corrected chi connectivity index (χ0v) is 6.82. The molecule has 1 unspecified atom stereocenters. The van der Waals surface area contributed by atoms with Gasteiger partial charge in [-0.05, 0) is 6.92 Å². The molecule has 0 spiro atoms. The third-order valence-corrected chi connectivity index (χ3v) is 1.80. The molecule has 0 radical (unpaired) electrons. The van der Waals surface area contributed by atoms with E-state index < -0.39 is 5.60 Å². The van der Waals surface area contributed by atoms with Gasteiger partial charge in [-0.2, -0.15) is 0 Å². The molecular weight excluding hydrogens is 142 g/mol. The molecule has 1 aliphatic heterocycles. The number of hydrogen-bond acceptors (Lipinski definition) is 3. The maximum Gasteiger partial charge on any atom is 0.0975 e. The van der Waals surface area contributed by atoms with Crippen molar-refractivity contribution in [1.82, 2.24) is 4.90 Å². The lowest BCUT2D eigenvalue weighted by atomic mass is 10.1. The molecule has 0 aromatic heterocycles. The molecule has 0 aromatic rings. The average molecular weight is 157 g/mol. The van der Waals surface area contributed by atoms with Crippen molar-refractivity contribution < 1.29 is 10.2 Å².